The highest BCUT2D eigenvalue weighted by Gasteiger charge is 2.23. The van der Waals surface area contributed by atoms with Crippen LogP contribution in [0, 0.1) is 12.8 Å². The molecule has 0 saturated carbocycles. The molecule has 2 rings (SSSR count). The van der Waals surface area contributed by atoms with Crippen molar-refractivity contribution in [3.63, 3.8) is 0 Å². The number of pyridine rings is 1. The fourth-order valence-electron chi connectivity index (χ4n) is 2.62. The molecule has 0 radical (unpaired) electrons. The minimum atomic E-state index is -0.291. The molecule has 1 heterocycles. The summed E-state index contributed by atoms with van der Waals surface area (Å²) in [5.41, 5.74) is 2.19. The topological polar surface area (TPSA) is 80.7 Å². The summed E-state index contributed by atoms with van der Waals surface area (Å²) in [5, 5.41) is 13.0. The molecule has 2 N–H and O–H groups in total. The van der Waals surface area contributed by atoms with Gasteiger partial charge in [-0.3, -0.25) is 9.78 Å². The average Bonchev–Trinajstić information content (AvgIpc) is 2.60. The van der Waals surface area contributed by atoms with Crippen LogP contribution >= 0.6 is 0 Å². The van der Waals surface area contributed by atoms with Crippen molar-refractivity contribution in [3.05, 3.63) is 47.3 Å². The lowest BCUT2D eigenvalue weighted by atomic mass is 9.97. The number of benzene rings is 1. The number of hydrogen-bond donors (Lipinski definition) is 2. The quantitative estimate of drug-likeness (QED) is 0.841. The lowest BCUT2D eigenvalue weighted by molar-refractivity contribution is 0.0923. The lowest BCUT2D eigenvalue weighted by Crippen LogP contribution is -2.32. The Kier molecular flexibility index (Phi) is 5.85. The van der Waals surface area contributed by atoms with E-state index in [0.717, 1.165) is 11.3 Å². The predicted molar refractivity (Wildman–Crippen MR) is 95.2 cm³/mol. The summed E-state index contributed by atoms with van der Waals surface area (Å²) in [5.74, 6) is 0.0839. The van der Waals surface area contributed by atoms with E-state index in [9.17, 15) is 9.90 Å². The molecule has 1 atom stereocenters. The van der Waals surface area contributed by atoms with Crippen molar-refractivity contribution < 1.29 is 19.4 Å². The van der Waals surface area contributed by atoms with Crippen LogP contribution in [0.1, 0.15) is 41.5 Å². The summed E-state index contributed by atoms with van der Waals surface area (Å²) in [6, 6.07) is 6.56. The Balaban J connectivity index is 2.35. The third kappa shape index (κ3) is 4.02. The van der Waals surface area contributed by atoms with Gasteiger partial charge in [0.1, 0.15) is 0 Å². The zero-order chi connectivity index (χ0) is 18.6. The highest BCUT2D eigenvalue weighted by Crippen LogP contribution is 2.37. The van der Waals surface area contributed by atoms with Crippen molar-refractivity contribution >= 4 is 5.91 Å². The van der Waals surface area contributed by atoms with Crippen LogP contribution in [0.15, 0.2) is 30.5 Å². The molecule has 2 aromatic rings. The van der Waals surface area contributed by atoms with Gasteiger partial charge >= 0.3 is 0 Å². The van der Waals surface area contributed by atoms with Gasteiger partial charge in [0, 0.05) is 11.8 Å². The number of nitrogens with one attached hydrogen (secondary N) is 1. The van der Waals surface area contributed by atoms with E-state index in [1.54, 1.807) is 6.20 Å². The van der Waals surface area contributed by atoms with Crippen LogP contribution in [0.25, 0.3) is 0 Å². The first-order valence-corrected chi connectivity index (χ1v) is 8.06. The largest absolute Gasteiger partial charge is 0.502 e. The summed E-state index contributed by atoms with van der Waals surface area (Å²) in [6.07, 6.45) is 1.72. The number of carbonyl (C=O) groups excluding carboxylic acids is 1. The van der Waals surface area contributed by atoms with E-state index in [1.165, 1.54) is 26.4 Å². The fourth-order valence-corrected chi connectivity index (χ4v) is 2.62. The number of ether oxygens (including phenoxy) is 2. The van der Waals surface area contributed by atoms with Gasteiger partial charge in [0.05, 0.1) is 26.0 Å². The Morgan fingerprint density at radius 3 is 2.28 bits per heavy atom. The van der Waals surface area contributed by atoms with Gasteiger partial charge in [-0.05, 0) is 36.6 Å². The molecular formula is C19H24N2O4. The molecule has 25 heavy (non-hydrogen) atoms. The second kappa shape index (κ2) is 7.88. The Hall–Kier alpha value is -2.76. The van der Waals surface area contributed by atoms with Crippen LogP contribution in [0.3, 0.4) is 0 Å². The van der Waals surface area contributed by atoms with E-state index >= 15 is 0 Å². The molecule has 0 spiro atoms. The van der Waals surface area contributed by atoms with Crippen molar-refractivity contribution in [3.8, 4) is 17.2 Å². The van der Waals surface area contributed by atoms with Crippen molar-refractivity contribution in [2.75, 3.05) is 14.2 Å². The van der Waals surface area contributed by atoms with Crippen molar-refractivity contribution in [2.45, 2.75) is 26.8 Å². The predicted octanol–water partition coefficient (Wildman–Crippen LogP) is 3.24. The van der Waals surface area contributed by atoms with Crippen LogP contribution in [0.2, 0.25) is 0 Å². The first-order chi connectivity index (χ1) is 11.9. The van der Waals surface area contributed by atoms with E-state index in [1.807, 2.05) is 32.9 Å². The molecule has 6 heteroatoms. The maximum absolute atomic E-state index is 12.8. The molecule has 0 aliphatic carbocycles. The highest BCUT2D eigenvalue weighted by molar-refractivity contribution is 5.95. The molecule has 0 saturated heterocycles. The number of aryl methyl sites for hydroxylation is 1. The lowest BCUT2D eigenvalue weighted by Gasteiger charge is -2.23. The van der Waals surface area contributed by atoms with Gasteiger partial charge in [0.25, 0.3) is 5.91 Å². The van der Waals surface area contributed by atoms with E-state index in [2.05, 4.69) is 10.3 Å². The minimum absolute atomic E-state index is 0.137. The van der Waals surface area contributed by atoms with E-state index in [0.29, 0.717) is 5.56 Å². The standard InChI is InChI=1S/C19H24N2O4/c1-11(2)16(17-12(3)7-6-8-20-17)21-19(23)13-9-14(24-4)18(22)15(10-13)25-5/h6-11,16,22H,1-5H3,(H,21,23). The number of hydrogen-bond acceptors (Lipinski definition) is 5. The number of carbonyl (C=O) groups is 1. The molecule has 1 aromatic carbocycles. The Bertz CT molecular complexity index is 734. The maximum atomic E-state index is 12.8. The van der Waals surface area contributed by atoms with Crippen molar-refractivity contribution in [2.24, 2.45) is 5.92 Å². The van der Waals surface area contributed by atoms with Gasteiger partial charge in [-0.1, -0.05) is 19.9 Å². The number of nitrogens with zero attached hydrogens (tertiary/aromatic N) is 1. The first kappa shape index (κ1) is 18.6. The number of methoxy groups -OCH3 is 2. The van der Waals surface area contributed by atoms with Crippen molar-refractivity contribution in [1.29, 1.82) is 0 Å². The molecule has 1 aromatic heterocycles. The molecule has 0 aliphatic rings. The summed E-state index contributed by atoms with van der Waals surface area (Å²) in [4.78, 5) is 17.2. The third-order valence-electron chi connectivity index (χ3n) is 4.04. The Morgan fingerprint density at radius 2 is 1.80 bits per heavy atom. The molecule has 1 unspecified atom stereocenters. The van der Waals surface area contributed by atoms with Crippen LogP contribution in [0.5, 0.6) is 17.2 Å². The number of aromatic hydroxyl groups is 1. The molecule has 6 nitrogen and oxygen atoms in total. The van der Waals surface area contributed by atoms with Gasteiger partial charge in [-0.25, -0.2) is 0 Å². The summed E-state index contributed by atoms with van der Waals surface area (Å²) in [7, 11) is 2.84. The summed E-state index contributed by atoms with van der Waals surface area (Å²) >= 11 is 0. The smallest absolute Gasteiger partial charge is 0.252 e. The first-order valence-electron chi connectivity index (χ1n) is 8.06. The van der Waals surface area contributed by atoms with Crippen molar-refractivity contribution in [1.82, 2.24) is 10.3 Å². The number of amides is 1. The average molecular weight is 344 g/mol. The molecule has 0 aliphatic heterocycles. The summed E-state index contributed by atoms with van der Waals surface area (Å²) in [6.45, 7) is 6.02. The monoisotopic (exact) mass is 344 g/mol. The van der Waals surface area contributed by atoms with Gasteiger partial charge in [0.2, 0.25) is 5.75 Å². The summed E-state index contributed by atoms with van der Waals surface area (Å²) < 4.78 is 10.2. The minimum Gasteiger partial charge on any atom is -0.502 e. The highest BCUT2D eigenvalue weighted by atomic mass is 16.5. The number of phenols is 1. The number of phenolic OH excluding ortho intramolecular Hbond substituents is 1. The Labute approximate surface area is 147 Å². The van der Waals surface area contributed by atoms with Gasteiger partial charge < -0.3 is 19.9 Å². The van der Waals surface area contributed by atoms with E-state index < -0.39 is 0 Å². The fraction of sp³-hybridized carbons (Fsp3) is 0.368. The SMILES string of the molecule is COc1cc(C(=O)NC(c2ncccc2C)C(C)C)cc(OC)c1O. The molecule has 0 fully saturated rings. The normalized spacial score (nSPS) is 11.9. The van der Waals surface area contributed by atoms with Crippen LogP contribution < -0.4 is 14.8 Å². The van der Waals surface area contributed by atoms with E-state index in [4.69, 9.17) is 9.47 Å². The molecule has 1 amide bonds. The maximum Gasteiger partial charge on any atom is 0.252 e. The van der Waals surface area contributed by atoms with Gasteiger partial charge in [0.15, 0.2) is 11.5 Å². The second-order valence-corrected chi connectivity index (χ2v) is 6.13. The van der Waals surface area contributed by atoms with Gasteiger partial charge in [-0.2, -0.15) is 0 Å². The molecular weight excluding hydrogens is 320 g/mol. The number of aromatic nitrogens is 1. The van der Waals surface area contributed by atoms with Gasteiger partial charge in [-0.15, -0.1) is 0 Å². The molecule has 134 valence electrons. The number of rotatable bonds is 6. The van der Waals surface area contributed by atoms with E-state index in [-0.39, 0.29) is 35.1 Å². The zero-order valence-corrected chi connectivity index (χ0v) is 15.2. The van der Waals surface area contributed by atoms with Crippen LogP contribution in [-0.4, -0.2) is 30.2 Å². The Morgan fingerprint density at radius 1 is 1.20 bits per heavy atom. The zero-order valence-electron chi connectivity index (χ0n) is 15.2. The third-order valence-corrected chi connectivity index (χ3v) is 4.04. The molecule has 0 bridgehead atoms. The van der Waals surface area contributed by atoms with Crippen LogP contribution in [-0.2, 0) is 0 Å². The second-order valence-electron chi connectivity index (χ2n) is 6.13. The van der Waals surface area contributed by atoms with Crippen LogP contribution in [0.4, 0.5) is 0 Å².